The van der Waals surface area contributed by atoms with E-state index >= 15 is 0 Å². The highest BCUT2D eigenvalue weighted by Gasteiger charge is 2.37. The molecule has 0 spiro atoms. The lowest BCUT2D eigenvalue weighted by Crippen LogP contribution is -2.18. The van der Waals surface area contributed by atoms with Gasteiger partial charge in [0, 0.05) is 19.5 Å². The van der Waals surface area contributed by atoms with Crippen molar-refractivity contribution in [2.75, 3.05) is 0 Å². The van der Waals surface area contributed by atoms with Crippen LogP contribution >= 0.6 is 0 Å². The summed E-state index contributed by atoms with van der Waals surface area (Å²) in [5.41, 5.74) is 5.42. The molecule has 1 aromatic rings. The lowest BCUT2D eigenvalue weighted by atomic mass is 10.2. The van der Waals surface area contributed by atoms with Crippen molar-refractivity contribution in [1.29, 1.82) is 0 Å². The first-order valence-electron chi connectivity index (χ1n) is 4.03. The molecule has 0 radical (unpaired) electrons. The first-order valence-corrected chi connectivity index (χ1v) is 4.03. The van der Waals surface area contributed by atoms with Crippen LogP contribution in [0.15, 0.2) is 0 Å². The highest BCUT2D eigenvalue weighted by atomic mass is 19.4. The third kappa shape index (κ3) is 2.44. The number of rotatable bonds is 2. The van der Waals surface area contributed by atoms with E-state index in [0.29, 0.717) is 0 Å². The zero-order valence-corrected chi connectivity index (χ0v) is 7.84. The Labute approximate surface area is 78.9 Å². The Bertz CT molecular complexity index is 315. The Morgan fingerprint density at radius 2 is 2.07 bits per heavy atom. The van der Waals surface area contributed by atoms with E-state index in [-0.39, 0.29) is 18.3 Å². The fourth-order valence-corrected chi connectivity index (χ4v) is 1.06. The predicted octanol–water partition coefficient (Wildman–Crippen LogP) is 0.724. The summed E-state index contributed by atoms with van der Waals surface area (Å²) in [7, 11) is 1.21. The van der Waals surface area contributed by atoms with Crippen LogP contribution in [0.3, 0.4) is 0 Å². The van der Waals surface area contributed by atoms with E-state index < -0.39 is 12.0 Å². The molecule has 80 valence electrons. The molecule has 0 saturated carbocycles. The molecule has 1 atom stereocenters. The molecule has 1 rings (SSSR count). The number of alkyl halides is 3. The van der Waals surface area contributed by atoms with Crippen molar-refractivity contribution < 1.29 is 13.2 Å². The average molecular weight is 208 g/mol. The smallest absolute Gasteiger partial charge is 0.328 e. The van der Waals surface area contributed by atoms with Gasteiger partial charge in [0.15, 0.2) is 5.82 Å². The minimum Gasteiger partial charge on any atom is -0.328 e. The minimum atomic E-state index is -4.46. The van der Waals surface area contributed by atoms with Crippen LogP contribution in [0.5, 0.6) is 0 Å². The Morgan fingerprint density at radius 3 is 2.43 bits per heavy atom. The average Bonchev–Trinajstić information content (AvgIpc) is 2.27. The molecule has 0 aliphatic carbocycles. The molecule has 7 heteroatoms. The molecule has 1 unspecified atom stereocenters. The van der Waals surface area contributed by atoms with E-state index in [1.165, 1.54) is 7.05 Å². The predicted molar refractivity (Wildman–Crippen MR) is 43.4 cm³/mol. The third-order valence-electron chi connectivity index (χ3n) is 1.57. The van der Waals surface area contributed by atoms with Crippen molar-refractivity contribution in [3.05, 3.63) is 11.6 Å². The summed E-state index contributed by atoms with van der Waals surface area (Å²) in [6.45, 7) is 1.68. The molecule has 0 amide bonds. The SMILES string of the molecule is CC(N)Cc1nc(C(F)(F)F)n(C)n1. The molecule has 1 heterocycles. The van der Waals surface area contributed by atoms with Crippen LogP contribution in [-0.2, 0) is 19.6 Å². The summed E-state index contributed by atoms with van der Waals surface area (Å²) in [6, 6.07) is -0.251. The van der Waals surface area contributed by atoms with Gasteiger partial charge >= 0.3 is 6.18 Å². The highest BCUT2D eigenvalue weighted by molar-refractivity contribution is 4.97. The quantitative estimate of drug-likeness (QED) is 0.779. The number of halogens is 3. The Kier molecular flexibility index (Phi) is 2.79. The Morgan fingerprint density at radius 1 is 1.50 bits per heavy atom. The molecule has 1 aromatic heterocycles. The Balaban J connectivity index is 2.94. The molecule has 0 aliphatic heterocycles. The number of nitrogens with two attached hydrogens (primary N) is 1. The molecule has 0 aromatic carbocycles. The van der Waals surface area contributed by atoms with Gasteiger partial charge < -0.3 is 5.73 Å². The summed E-state index contributed by atoms with van der Waals surface area (Å²) in [5.74, 6) is -0.872. The topological polar surface area (TPSA) is 56.7 Å². The lowest BCUT2D eigenvalue weighted by Gasteiger charge is -2.02. The summed E-state index contributed by atoms with van der Waals surface area (Å²) >= 11 is 0. The molecule has 2 N–H and O–H groups in total. The van der Waals surface area contributed by atoms with Crippen LogP contribution < -0.4 is 5.73 Å². The van der Waals surface area contributed by atoms with Crippen molar-refractivity contribution >= 4 is 0 Å². The van der Waals surface area contributed by atoms with E-state index in [1.807, 2.05) is 0 Å². The van der Waals surface area contributed by atoms with Crippen molar-refractivity contribution in [2.24, 2.45) is 12.8 Å². The monoisotopic (exact) mass is 208 g/mol. The maximum atomic E-state index is 12.2. The van der Waals surface area contributed by atoms with Crippen LogP contribution in [0.25, 0.3) is 0 Å². The maximum Gasteiger partial charge on any atom is 0.451 e. The van der Waals surface area contributed by atoms with Crippen molar-refractivity contribution in [3.8, 4) is 0 Å². The van der Waals surface area contributed by atoms with Gasteiger partial charge in [0.25, 0.3) is 0 Å². The lowest BCUT2D eigenvalue weighted by molar-refractivity contribution is -0.147. The first-order chi connectivity index (χ1) is 6.30. The standard InChI is InChI=1S/C7H11F3N4/c1-4(11)3-5-12-6(7(8,9)10)14(2)13-5/h4H,3,11H2,1-2H3. The van der Waals surface area contributed by atoms with E-state index in [0.717, 1.165) is 4.68 Å². The fourth-order valence-electron chi connectivity index (χ4n) is 1.06. The van der Waals surface area contributed by atoms with Crippen LogP contribution in [0.4, 0.5) is 13.2 Å². The van der Waals surface area contributed by atoms with Gasteiger partial charge in [0.1, 0.15) is 0 Å². The third-order valence-corrected chi connectivity index (χ3v) is 1.57. The van der Waals surface area contributed by atoms with E-state index in [1.54, 1.807) is 6.92 Å². The van der Waals surface area contributed by atoms with Crippen LogP contribution in [-0.4, -0.2) is 20.8 Å². The van der Waals surface area contributed by atoms with Crippen molar-refractivity contribution in [3.63, 3.8) is 0 Å². The summed E-state index contributed by atoms with van der Waals surface area (Å²) in [5, 5.41) is 3.62. The molecular weight excluding hydrogens is 197 g/mol. The number of hydrogen-bond donors (Lipinski definition) is 1. The molecule has 0 saturated heterocycles. The number of aryl methyl sites for hydroxylation is 1. The molecule has 4 nitrogen and oxygen atoms in total. The van der Waals surface area contributed by atoms with Gasteiger partial charge in [-0.1, -0.05) is 0 Å². The van der Waals surface area contributed by atoms with Gasteiger partial charge in [0.05, 0.1) is 0 Å². The number of aromatic nitrogens is 3. The second-order valence-corrected chi connectivity index (χ2v) is 3.15. The summed E-state index contributed by atoms with van der Waals surface area (Å²) in [4.78, 5) is 3.37. The molecule has 0 fully saturated rings. The second-order valence-electron chi connectivity index (χ2n) is 3.15. The van der Waals surface area contributed by atoms with E-state index in [2.05, 4.69) is 10.1 Å². The van der Waals surface area contributed by atoms with Gasteiger partial charge in [-0.05, 0) is 6.92 Å². The van der Waals surface area contributed by atoms with Gasteiger partial charge in [-0.25, -0.2) is 9.67 Å². The van der Waals surface area contributed by atoms with Crippen molar-refractivity contribution in [1.82, 2.24) is 14.8 Å². The van der Waals surface area contributed by atoms with E-state index in [9.17, 15) is 13.2 Å². The van der Waals surface area contributed by atoms with Crippen LogP contribution in [0.2, 0.25) is 0 Å². The maximum absolute atomic E-state index is 12.2. The summed E-state index contributed by atoms with van der Waals surface area (Å²) in [6.07, 6.45) is -4.22. The Hall–Kier alpha value is -1.11. The normalized spacial score (nSPS) is 14.4. The number of nitrogens with zero attached hydrogens (tertiary/aromatic N) is 3. The van der Waals surface area contributed by atoms with Crippen LogP contribution in [0, 0.1) is 0 Å². The van der Waals surface area contributed by atoms with Gasteiger partial charge in [-0.15, -0.1) is 0 Å². The van der Waals surface area contributed by atoms with E-state index in [4.69, 9.17) is 5.73 Å². The fraction of sp³-hybridized carbons (Fsp3) is 0.714. The van der Waals surface area contributed by atoms with Crippen molar-refractivity contribution in [2.45, 2.75) is 25.6 Å². The minimum absolute atomic E-state index is 0.120. The first kappa shape index (κ1) is 11.0. The van der Waals surface area contributed by atoms with Crippen LogP contribution in [0.1, 0.15) is 18.6 Å². The second kappa shape index (κ2) is 3.56. The zero-order valence-electron chi connectivity index (χ0n) is 7.84. The number of hydrogen-bond acceptors (Lipinski definition) is 3. The molecule has 0 bridgehead atoms. The largest absolute Gasteiger partial charge is 0.451 e. The van der Waals surface area contributed by atoms with Gasteiger partial charge in [0.2, 0.25) is 5.82 Å². The molecule has 14 heavy (non-hydrogen) atoms. The molecular formula is C7H11F3N4. The zero-order chi connectivity index (χ0) is 10.9. The van der Waals surface area contributed by atoms with Gasteiger partial charge in [-0.3, -0.25) is 0 Å². The summed E-state index contributed by atoms with van der Waals surface area (Å²) < 4.78 is 37.5. The van der Waals surface area contributed by atoms with Gasteiger partial charge in [-0.2, -0.15) is 18.3 Å². The highest BCUT2D eigenvalue weighted by Crippen LogP contribution is 2.27. The molecule has 0 aliphatic rings.